The van der Waals surface area contributed by atoms with Crippen LogP contribution in [-0.4, -0.2) is 14.5 Å². The molecule has 3 heterocycles. The van der Waals surface area contributed by atoms with Gasteiger partial charge < -0.3 is 4.57 Å². The van der Waals surface area contributed by atoms with Crippen molar-refractivity contribution in [1.82, 2.24) is 14.5 Å². The smallest absolute Gasteiger partial charge is 0.160 e. The maximum absolute atomic E-state index is 5.20. The first-order valence-corrected chi connectivity index (χ1v) is 17.2. The molecule has 5 aromatic carbocycles. The van der Waals surface area contributed by atoms with Crippen molar-refractivity contribution < 1.29 is 0 Å². The van der Waals surface area contributed by atoms with E-state index in [1.807, 2.05) is 18.2 Å². The molecule has 4 heteroatoms. The summed E-state index contributed by atoms with van der Waals surface area (Å²) in [5.74, 6) is 0.755. The zero-order valence-corrected chi connectivity index (χ0v) is 27.1. The van der Waals surface area contributed by atoms with Crippen molar-refractivity contribution >= 4 is 59.0 Å². The van der Waals surface area contributed by atoms with Crippen LogP contribution in [0.15, 0.2) is 133 Å². The second kappa shape index (κ2) is 9.84. The lowest BCUT2D eigenvalue weighted by Gasteiger charge is -2.25. The van der Waals surface area contributed by atoms with Crippen LogP contribution in [0.2, 0.25) is 0 Å². The molecule has 0 bridgehead atoms. The van der Waals surface area contributed by atoms with Gasteiger partial charge in [-0.05, 0) is 65.9 Å². The number of fused-ring (bicyclic) bond motifs is 8. The Morgan fingerprint density at radius 3 is 2.32 bits per heavy atom. The van der Waals surface area contributed by atoms with E-state index in [0.29, 0.717) is 0 Å². The van der Waals surface area contributed by atoms with E-state index in [4.69, 9.17) is 9.97 Å². The fourth-order valence-corrected chi connectivity index (χ4v) is 9.19. The normalized spacial score (nSPS) is 15.3. The Kier molecular flexibility index (Phi) is 5.62. The van der Waals surface area contributed by atoms with Crippen LogP contribution in [0.5, 0.6) is 0 Å². The van der Waals surface area contributed by atoms with E-state index < -0.39 is 0 Å². The summed E-state index contributed by atoms with van der Waals surface area (Å²) in [5, 5.41) is 3.79. The Labute approximate surface area is 277 Å². The Bertz CT molecular complexity index is 2630. The first kappa shape index (κ1) is 26.9. The minimum absolute atomic E-state index is 0.0442. The van der Waals surface area contributed by atoms with Gasteiger partial charge in [-0.2, -0.15) is 0 Å². The topological polar surface area (TPSA) is 30.7 Å². The molecule has 0 radical (unpaired) electrons. The summed E-state index contributed by atoms with van der Waals surface area (Å²) in [7, 11) is 0. The highest BCUT2D eigenvalue weighted by atomic mass is 32.1. The summed E-state index contributed by atoms with van der Waals surface area (Å²) in [6, 6.07) is 41.6. The van der Waals surface area contributed by atoms with Crippen LogP contribution < -0.4 is 0 Å². The fourth-order valence-electron chi connectivity index (χ4n) is 8.03. The summed E-state index contributed by atoms with van der Waals surface area (Å²) in [6.07, 6.45) is 6.97. The maximum atomic E-state index is 5.20. The van der Waals surface area contributed by atoms with Crippen molar-refractivity contribution in [2.24, 2.45) is 0 Å². The Morgan fingerprint density at radius 2 is 1.47 bits per heavy atom. The molecule has 0 aliphatic heterocycles. The van der Waals surface area contributed by atoms with E-state index in [0.717, 1.165) is 51.4 Å². The molecule has 0 atom stereocenters. The molecule has 0 fully saturated rings. The van der Waals surface area contributed by atoms with Gasteiger partial charge in [0.05, 0.1) is 26.9 Å². The highest BCUT2D eigenvalue weighted by Gasteiger charge is 2.38. The quantitative estimate of drug-likeness (QED) is 0.196. The predicted molar refractivity (Wildman–Crippen MR) is 198 cm³/mol. The molecule has 0 amide bonds. The van der Waals surface area contributed by atoms with Gasteiger partial charge in [0.1, 0.15) is 0 Å². The van der Waals surface area contributed by atoms with Gasteiger partial charge in [0.25, 0.3) is 0 Å². The van der Waals surface area contributed by atoms with Gasteiger partial charge in [-0.1, -0.05) is 110 Å². The molecular formula is C43H31N3S. The van der Waals surface area contributed by atoms with E-state index in [1.54, 1.807) is 16.9 Å². The minimum Gasteiger partial charge on any atom is -0.309 e. The summed E-state index contributed by atoms with van der Waals surface area (Å²) in [5.41, 5.74) is 13.6. The molecule has 47 heavy (non-hydrogen) atoms. The predicted octanol–water partition coefficient (Wildman–Crippen LogP) is 11.7. The van der Waals surface area contributed by atoms with Crippen LogP contribution in [0.25, 0.3) is 76.0 Å². The molecule has 10 rings (SSSR count). The second-order valence-electron chi connectivity index (χ2n) is 13.3. The van der Waals surface area contributed by atoms with Crippen LogP contribution in [0, 0.1) is 0 Å². The first-order chi connectivity index (χ1) is 23.1. The standard InChI is InChI=1S/C43H31N3S/c1-43(2)34-17-9-6-14-29(34)32-25-37-33(24-35(32)43)30-15-7-10-18-36(30)46(37)28-22-20-26(21-23-28)39-41-40(31-16-8-11-19-38(31)47-41)45-42(44-39)27-12-4-3-5-13-27/h3-8,10-16,18-25H,9,17H2,1-2H3. The molecule has 0 spiro atoms. The molecular weight excluding hydrogens is 591 g/mol. The molecule has 8 aromatic rings. The molecule has 2 aliphatic carbocycles. The van der Waals surface area contributed by atoms with Crippen molar-refractivity contribution in [3.8, 4) is 28.3 Å². The maximum Gasteiger partial charge on any atom is 0.160 e. The van der Waals surface area contributed by atoms with E-state index in [1.165, 1.54) is 48.6 Å². The van der Waals surface area contributed by atoms with Gasteiger partial charge in [-0.25, -0.2) is 9.97 Å². The van der Waals surface area contributed by atoms with Crippen molar-refractivity contribution in [1.29, 1.82) is 0 Å². The Balaban J connectivity index is 1.17. The molecule has 2 aliphatic rings. The van der Waals surface area contributed by atoms with Crippen LogP contribution in [0.1, 0.15) is 37.8 Å². The number of benzene rings is 5. The lowest BCUT2D eigenvalue weighted by Crippen LogP contribution is -2.17. The van der Waals surface area contributed by atoms with Crippen molar-refractivity contribution in [3.63, 3.8) is 0 Å². The second-order valence-corrected chi connectivity index (χ2v) is 14.4. The lowest BCUT2D eigenvalue weighted by molar-refractivity contribution is 0.608. The number of rotatable bonds is 3. The molecule has 3 nitrogen and oxygen atoms in total. The largest absolute Gasteiger partial charge is 0.309 e. The fraction of sp³-hybridized carbons (Fsp3) is 0.116. The number of allylic oxidation sites excluding steroid dienone is 4. The highest BCUT2D eigenvalue weighted by molar-refractivity contribution is 7.26. The molecule has 224 valence electrons. The average Bonchev–Trinajstić information content (AvgIpc) is 3.73. The summed E-state index contributed by atoms with van der Waals surface area (Å²) < 4.78 is 4.79. The monoisotopic (exact) mass is 621 g/mol. The number of hydrogen-bond acceptors (Lipinski definition) is 3. The minimum atomic E-state index is 0.0442. The number of hydrogen-bond donors (Lipinski definition) is 0. The first-order valence-electron chi connectivity index (χ1n) is 16.4. The SMILES string of the molecule is CC1(C)C2=C(C=CCC2)c2cc3c(cc21)c1ccccc1n3-c1ccc(-c2nc(-c3ccccc3)nc3c2sc2ccccc23)cc1. The van der Waals surface area contributed by atoms with Gasteiger partial charge in [-0.3, -0.25) is 0 Å². The Hall–Kier alpha value is -5.32. The van der Waals surface area contributed by atoms with Crippen LogP contribution >= 0.6 is 11.3 Å². The molecule has 0 unspecified atom stereocenters. The number of aromatic nitrogens is 3. The lowest BCUT2D eigenvalue weighted by atomic mass is 9.78. The summed E-state index contributed by atoms with van der Waals surface area (Å²) in [6.45, 7) is 4.81. The van der Waals surface area contributed by atoms with Crippen LogP contribution in [-0.2, 0) is 5.41 Å². The van der Waals surface area contributed by atoms with E-state index in [2.05, 4.69) is 128 Å². The van der Waals surface area contributed by atoms with Crippen LogP contribution in [0.4, 0.5) is 0 Å². The molecule has 3 aromatic heterocycles. The number of para-hydroxylation sites is 1. The van der Waals surface area contributed by atoms with Crippen molar-refractivity contribution in [2.75, 3.05) is 0 Å². The zero-order chi connectivity index (χ0) is 31.3. The van der Waals surface area contributed by atoms with E-state index in [-0.39, 0.29) is 5.41 Å². The molecule has 0 saturated carbocycles. The molecule has 0 saturated heterocycles. The Morgan fingerprint density at radius 1 is 0.702 bits per heavy atom. The third-order valence-corrected chi connectivity index (χ3v) is 11.5. The summed E-state index contributed by atoms with van der Waals surface area (Å²) in [4.78, 5) is 10.3. The van der Waals surface area contributed by atoms with Gasteiger partial charge >= 0.3 is 0 Å². The van der Waals surface area contributed by atoms with E-state index >= 15 is 0 Å². The highest BCUT2D eigenvalue weighted by Crippen LogP contribution is 2.52. The third kappa shape index (κ3) is 3.85. The van der Waals surface area contributed by atoms with Crippen LogP contribution in [0.3, 0.4) is 0 Å². The van der Waals surface area contributed by atoms with Gasteiger partial charge in [-0.15, -0.1) is 11.3 Å². The summed E-state index contributed by atoms with van der Waals surface area (Å²) >= 11 is 1.77. The van der Waals surface area contributed by atoms with Gasteiger partial charge in [0.2, 0.25) is 0 Å². The number of thiophene rings is 1. The zero-order valence-electron chi connectivity index (χ0n) is 26.3. The molecule has 0 N–H and O–H groups in total. The number of nitrogens with zero attached hydrogens (tertiary/aromatic N) is 3. The van der Waals surface area contributed by atoms with Crippen molar-refractivity contribution in [2.45, 2.75) is 32.1 Å². The van der Waals surface area contributed by atoms with Crippen molar-refractivity contribution in [3.05, 3.63) is 144 Å². The average molecular weight is 622 g/mol. The third-order valence-electron chi connectivity index (χ3n) is 10.4. The van der Waals surface area contributed by atoms with E-state index in [9.17, 15) is 0 Å². The van der Waals surface area contributed by atoms with Gasteiger partial charge in [0, 0.05) is 43.1 Å². The van der Waals surface area contributed by atoms with Gasteiger partial charge in [0.15, 0.2) is 5.82 Å².